The van der Waals surface area contributed by atoms with E-state index in [2.05, 4.69) is 4.98 Å². The average Bonchev–Trinajstić information content (AvgIpc) is 3.27. The van der Waals surface area contributed by atoms with Gasteiger partial charge in [-0.1, -0.05) is 24.3 Å². The van der Waals surface area contributed by atoms with Crippen molar-refractivity contribution in [3.05, 3.63) is 60.4 Å². The molecular formula is C20H18F3N3O2. The van der Waals surface area contributed by atoms with Crippen molar-refractivity contribution in [3.8, 4) is 5.69 Å². The summed E-state index contributed by atoms with van der Waals surface area (Å²) in [6.45, 7) is -0.122. The first kappa shape index (κ1) is 18.5. The number of aliphatic carboxylic acids is 1. The summed E-state index contributed by atoms with van der Waals surface area (Å²) >= 11 is 0. The number of imidazole rings is 1. The number of carbonyl (C=O) groups is 1. The first-order valence-corrected chi connectivity index (χ1v) is 8.86. The largest absolute Gasteiger partial charge is 0.481 e. The molecule has 0 aliphatic carbocycles. The van der Waals surface area contributed by atoms with E-state index < -0.39 is 24.0 Å². The van der Waals surface area contributed by atoms with Crippen molar-refractivity contribution in [1.29, 1.82) is 0 Å². The standard InChI is InChI=1S/C20H18F3N3O2/c21-20(22,23)16-11-25(10-15(16)19(27)28)9-13-5-7-14(8-6-13)26-12-24-17-3-1-2-4-18(17)26/h1-8,12,15-16H,9-11H2,(H,27,28)/t15-,16-/m1/s1. The van der Waals surface area contributed by atoms with Crippen molar-refractivity contribution in [2.75, 3.05) is 13.1 Å². The van der Waals surface area contributed by atoms with Gasteiger partial charge in [-0.2, -0.15) is 13.2 Å². The molecule has 1 aliphatic rings. The summed E-state index contributed by atoms with van der Waals surface area (Å²) in [5.41, 5.74) is 3.57. The van der Waals surface area contributed by atoms with E-state index in [0.717, 1.165) is 22.3 Å². The minimum Gasteiger partial charge on any atom is -0.481 e. The second-order valence-electron chi connectivity index (χ2n) is 7.06. The molecular weight excluding hydrogens is 371 g/mol. The Hall–Kier alpha value is -2.87. The van der Waals surface area contributed by atoms with Gasteiger partial charge in [-0.15, -0.1) is 0 Å². The van der Waals surface area contributed by atoms with Gasteiger partial charge < -0.3 is 5.11 Å². The zero-order chi connectivity index (χ0) is 19.9. The monoisotopic (exact) mass is 389 g/mol. The van der Waals surface area contributed by atoms with Crippen molar-refractivity contribution in [2.24, 2.45) is 11.8 Å². The van der Waals surface area contributed by atoms with Gasteiger partial charge in [0.25, 0.3) is 0 Å². The fourth-order valence-electron chi connectivity index (χ4n) is 3.78. The van der Waals surface area contributed by atoms with E-state index in [1.54, 1.807) is 11.2 Å². The highest BCUT2D eigenvalue weighted by molar-refractivity contribution is 5.77. The van der Waals surface area contributed by atoms with Crippen molar-refractivity contribution >= 4 is 17.0 Å². The van der Waals surface area contributed by atoms with Gasteiger partial charge in [-0.25, -0.2) is 4.98 Å². The van der Waals surface area contributed by atoms with E-state index in [-0.39, 0.29) is 19.6 Å². The van der Waals surface area contributed by atoms with Gasteiger partial charge in [0.2, 0.25) is 0 Å². The van der Waals surface area contributed by atoms with Crippen LogP contribution in [-0.2, 0) is 11.3 Å². The fraction of sp³-hybridized carbons (Fsp3) is 0.300. The third kappa shape index (κ3) is 3.47. The third-order valence-corrected chi connectivity index (χ3v) is 5.21. The van der Waals surface area contributed by atoms with Crippen LogP contribution in [0.15, 0.2) is 54.9 Å². The summed E-state index contributed by atoms with van der Waals surface area (Å²) in [7, 11) is 0. The molecule has 1 N–H and O–H groups in total. The molecule has 0 saturated carbocycles. The van der Waals surface area contributed by atoms with Gasteiger partial charge in [-0.05, 0) is 29.8 Å². The molecule has 8 heteroatoms. The third-order valence-electron chi connectivity index (χ3n) is 5.21. The Bertz CT molecular complexity index is 998. The molecule has 1 fully saturated rings. The Labute approximate surface area is 159 Å². The zero-order valence-electron chi connectivity index (χ0n) is 14.8. The molecule has 0 radical (unpaired) electrons. The molecule has 1 aromatic heterocycles. The van der Waals surface area contributed by atoms with E-state index in [4.69, 9.17) is 5.11 Å². The van der Waals surface area contributed by atoms with Gasteiger partial charge in [0.1, 0.15) is 6.33 Å². The molecule has 0 spiro atoms. The number of hydrogen-bond acceptors (Lipinski definition) is 3. The summed E-state index contributed by atoms with van der Waals surface area (Å²) in [5, 5.41) is 9.12. The highest BCUT2D eigenvalue weighted by atomic mass is 19.4. The number of para-hydroxylation sites is 2. The van der Waals surface area contributed by atoms with Gasteiger partial charge in [0.15, 0.2) is 0 Å². The van der Waals surface area contributed by atoms with Crippen molar-refractivity contribution in [1.82, 2.24) is 14.5 Å². The van der Waals surface area contributed by atoms with Crippen LogP contribution in [-0.4, -0.2) is 44.8 Å². The number of alkyl halides is 3. The first-order valence-electron chi connectivity index (χ1n) is 8.86. The van der Waals surface area contributed by atoms with Crippen LogP contribution in [0, 0.1) is 11.8 Å². The molecule has 1 saturated heterocycles. The lowest BCUT2D eigenvalue weighted by molar-refractivity contribution is -0.188. The number of carboxylic acids is 1. The predicted octanol–water partition coefficient (Wildman–Crippen LogP) is 3.72. The molecule has 0 bridgehead atoms. The van der Waals surface area contributed by atoms with Crippen LogP contribution in [0.3, 0.4) is 0 Å². The van der Waals surface area contributed by atoms with E-state index in [1.807, 2.05) is 53.1 Å². The second-order valence-corrected chi connectivity index (χ2v) is 7.06. The van der Waals surface area contributed by atoms with Gasteiger partial charge in [-0.3, -0.25) is 14.3 Å². The number of carboxylic acid groups (broad SMARTS) is 1. The maximum atomic E-state index is 13.1. The molecule has 2 heterocycles. The normalized spacial score (nSPS) is 20.7. The van der Waals surface area contributed by atoms with Crippen LogP contribution < -0.4 is 0 Å². The Morgan fingerprint density at radius 2 is 1.82 bits per heavy atom. The Morgan fingerprint density at radius 1 is 1.11 bits per heavy atom. The summed E-state index contributed by atoms with van der Waals surface area (Å²) in [6.07, 6.45) is -2.78. The highest BCUT2D eigenvalue weighted by Crippen LogP contribution is 2.38. The van der Waals surface area contributed by atoms with Crippen LogP contribution in [0.25, 0.3) is 16.7 Å². The summed E-state index contributed by atoms with van der Waals surface area (Å²) in [4.78, 5) is 17.1. The number of aromatic nitrogens is 2. The molecule has 4 rings (SSSR count). The van der Waals surface area contributed by atoms with E-state index in [0.29, 0.717) is 0 Å². The Morgan fingerprint density at radius 3 is 2.46 bits per heavy atom. The van der Waals surface area contributed by atoms with Gasteiger partial charge in [0.05, 0.1) is 22.9 Å². The lowest BCUT2D eigenvalue weighted by atomic mass is 9.96. The topological polar surface area (TPSA) is 58.4 Å². The highest BCUT2D eigenvalue weighted by Gasteiger charge is 2.52. The predicted molar refractivity (Wildman–Crippen MR) is 97.0 cm³/mol. The quantitative estimate of drug-likeness (QED) is 0.739. The van der Waals surface area contributed by atoms with Crippen LogP contribution >= 0.6 is 0 Å². The molecule has 0 amide bonds. The second kappa shape index (κ2) is 6.94. The Balaban J connectivity index is 1.50. The number of nitrogens with zero attached hydrogens (tertiary/aromatic N) is 3. The molecule has 1 aliphatic heterocycles. The van der Waals surface area contributed by atoms with Crippen LogP contribution in [0.4, 0.5) is 13.2 Å². The summed E-state index contributed by atoms with van der Waals surface area (Å²) in [6, 6.07) is 15.2. The molecule has 2 atom stereocenters. The summed E-state index contributed by atoms with van der Waals surface area (Å²) in [5.74, 6) is -4.65. The van der Waals surface area contributed by atoms with Crippen molar-refractivity contribution < 1.29 is 23.1 Å². The van der Waals surface area contributed by atoms with Crippen LogP contribution in [0.2, 0.25) is 0 Å². The van der Waals surface area contributed by atoms with Gasteiger partial charge in [0, 0.05) is 25.3 Å². The number of fused-ring (bicyclic) bond motifs is 1. The summed E-state index contributed by atoms with van der Waals surface area (Å²) < 4.78 is 41.3. The molecule has 0 unspecified atom stereocenters. The van der Waals surface area contributed by atoms with Crippen molar-refractivity contribution in [3.63, 3.8) is 0 Å². The maximum Gasteiger partial charge on any atom is 0.393 e. The zero-order valence-corrected chi connectivity index (χ0v) is 14.8. The number of likely N-dealkylation sites (tertiary alicyclic amines) is 1. The van der Waals surface area contributed by atoms with E-state index >= 15 is 0 Å². The lowest BCUT2D eigenvalue weighted by Gasteiger charge is -2.18. The SMILES string of the molecule is O=C(O)[C@@H]1CN(Cc2ccc(-n3cnc4ccccc43)cc2)C[C@H]1C(F)(F)F. The fourth-order valence-corrected chi connectivity index (χ4v) is 3.78. The molecule has 3 aromatic rings. The van der Waals surface area contributed by atoms with Crippen LogP contribution in [0.1, 0.15) is 5.56 Å². The van der Waals surface area contributed by atoms with Gasteiger partial charge >= 0.3 is 12.1 Å². The number of halogens is 3. The number of benzene rings is 2. The minimum absolute atomic E-state index is 0.104. The van der Waals surface area contributed by atoms with Crippen molar-refractivity contribution in [2.45, 2.75) is 12.7 Å². The minimum atomic E-state index is -4.51. The lowest BCUT2D eigenvalue weighted by Crippen LogP contribution is -2.33. The van der Waals surface area contributed by atoms with E-state index in [9.17, 15) is 18.0 Å². The smallest absolute Gasteiger partial charge is 0.393 e. The van der Waals surface area contributed by atoms with E-state index in [1.165, 1.54) is 0 Å². The number of hydrogen-bond donors (Lipinski definition) is 1. The number of rotatable bonds is 4. The van der Waals surface area contributed by atoms with Crippen LogP contribution in [0.5, 0.6) is 0 Å². The Kier molecular flexibility index (Phi) is 4.58. The first-order chi connectivity index (χ1) is 13.3. The molecule has 146 valence electrons. The molecule has 28 heavy (non-hydrogen) atoms. The average molecular weight is 389 g/mol. The molecule has 2 aromatic carbocycles. The molecule has 5 nitrogen and oxygen atoms in total. The maximum absolute atomic E-state index is 13.1.